The molecule has 6 nitrogen and oxygen atoms in total. The Kier molecular flexibility index (Phi) is 3.37. The molecule has 1 saturated heterocycles. The van der Waals surface area contributed by atoms with Crippen LogP contribution in [0.15, 0.2) is 4.52 Å². The summed E-state index contributed by atoms with van der Waals surface area (Å²) in [5, 5.41) is 12.6. The number of anilines is 1. The summed E-state index contributed by atoms with van der Waals surface area (Å²) in [4.78, 5) is 6.28. The summed E-state index contributed by atoms with van der Waals surface area (Å²) >= 11 is 0. The van der Waals surface area contributed by atoms with Crippen LogP contribution >= 0.6 is 0 Å². The molecule has 0 amide bonds. The van der Waals surface area contributed by atoms with Crippen LogP contribution in [-0.4, -0.2) is 36.4 Å². The highest BCUT2D eigenvalue weighted by molar-refractivity contribution is 5.28. The number of aromatic nitrogens is 2. The normalized spacial score (nSPS) is 18.1. The number of hydrogen-bond donors (Lipinski definition) is 0. The molecule has 0 radical (unpaired) electrons. The summed E-state index contributed by atoms with van der Waals surface area (Å²) in [7, 11) is 0. The predicted octanol–water partition coefficient (Wildman–Crippen LogP) is 0.608. The van der Waals surface area contributed by atoms with E-state index in [9.17, 15) is 0 Å². The highest BCUT2D eigenvalue weighted by Gasteiger charge is 2.17. The first-order valence-electron chi connectivity index (χ1n) is 5.34. The van der Waals surface area contributed by atoms with Gasteiger partial charge in [-0.15, -0.1) is 0 Å². The van der Waals surface area contributed by atoms with Gasteiger partial charge in [0.2, 0.25) is 5.89 Å². The predicted molar refractivity (Wildman–Crippen MR) is 55.8 cm³/mol. The minimum Gasteiger partial charge on any atom is -0.378 e. The van der Waals surface area contributed by atoms with Crippen LogP contribution in [0.3, 0.4) is 0 Å². The second-order valence-electron chi connectivity index (χ2n) is 3.82. The number of rotatable bonds is 3. The van der Waals surface area contributed by atoms with Crippen LogP contribution in [-0.2, 0) is 11.2 Å². The van der Waals surface area contributed by atoms with E-state index in [-0.39, 0.29) is 5.92 Å². The van der Waals surface area contributed by atoms with Gasteiger partial charge in [-0.1, -0.05) is 0 Å². The van der Waals surface area contributed by atoms with Crippen molar-refractivity contribution in [3.05, 3.63) is 5.89 Å². The van der Waals surface area contributed by atoms with Gasteiger partial charge in [-0.05, 0) is 12.1 Å². The minimum absolute atomic E-state index is 0.0991. The third kappa shape index (κ3) is 2.49. The lowest BCUT2D eigenvalue weighted by Crippen LogP contribution is -2.36. The zero-order chi connectivity index (χ0) is 11.4. The second kappa shape index (κ2) is 4.94. The van der Waals surface area contributed by atoms with Crippen LogP contribution in [0.25, 0.3) is 0 Å². The molecule has 2 heterocycles. The average Bonchev–Trinajstić information content (AvgIpc) is 2.78. The lowest BCUT2D eigenvalue weighted by Gasteiger charge is -2.24. The Morgan fingerprint density at radius 3 is 2.94 bits per heavy atom. The van der Waals surface area contributed by atoms with Gasteiger partial charge in [-0.2, -0.15) is 10.2 Å². The van der Waals surface area contributed by atoms with Gasteiger partial charge in [0.05, 0.1) is 25.2 Å². The van der Waals surface area contributed by atoms with Crippen molar-refractivity contribution in [2.24, 2.45) is 5.92 Å². The molecular formula is C10H14N4O2. The van der Waals surface area contributed by atoms with Gasteiger partial charge in [0.15, 0.2) is 0 Å². The van der Waals surface area contributed by atoms with E-state index in [1.807, 2.05) is 11.8 Å². The summed E-state index contributed by atoms with van der Waals surface area (Å²) in [5.74, 6) is 1.02. The van der Waals surface area contributed by atoms with E-state index in [1.165, 1.54) is 0 Å². The van der Waals surface area contributed by atoms with Crippen LogP contribution in [0, 0.1) is 17.2 Å². The van der Waals surface area contributed by atoms with Gasteiger partial charge in [0.25, 0.3) is 5.95 Å². The highest BCUT2D eigenvalue weighted by atomic mass is 16.5. The molecule has 0 N–H and O–H groups in total. The van der Waals surface area contributed by atoms with E-state index in [0.717, 1.165) is 13.1 Å². The van der Waals surface area contributed by atoms with Crippen molar-refractivity contribution in [3.8, 4) is 6.07 Å². The number of ether oxygens (including phenoxy) is 1. The maximum atomic E-state index is 8.68. The van der Waals surface area contributed by atoms with Crippen LogP contribution < -0.4 is 4.90 Å². The Balaban J connectivity index is 1.98. The van der Waals surface area contributed by atoms with Crippen molar-refractivity contribution in [1.82, 2.24) is 10.1 Å². The lowest BCUT2D eigenvalue weighted by atomic mass is 10.1. The Hall–Kier alpha value is -1.61. The molecule has 6 heteroatoms. The quantitative estimate of drug-likeness (QED) is 0.745. The van der Waals surface area contributed by atoms with Gasteiger partial charge in [0, 0.05) is 19.5 Å². The van der Waals surface area contributed by atoms with Gasteiger partial charge < -0.3 is 14.2 Å². The zero-order valence-corrected chi connectivity index (χ0v) is 9.22. The van der Waals surface area contributed by atoms with Crippen LogP contribution in [0.4, 0.5) is 5.95 Å². The molecule has 0 aromatic carbocycles. The SMILES string of the molecule is CC(C#N)Cc1nc(N2CCOCC2)no1. The monoisotopic (exact) mass is 222 g/mol. The van der Waals surface area contributed by atoms with E-state index < -0.39 is 0 Å². The first kappa shape index (κ1) is 10.9. The van der Waals surface area contributed by atoms with Crippen molar-refractivity contribution in [2.75, 3.05) is 31.2 Å². The summed E-state index contributed by atoms with van der Waals surface area (Å²) in [5.41, 5.74) is 0. The Morgan fingerprint density at radius 2 is 2.25 bits per heavy atom. The Bertz CT molecular complexity index is 378. The molecule has 16 heavy (non-hydrogen) atoms. The fourth-order valence-electron chi connectivity index (χ4n) is 1.53. The fraction of sp³-hybridized carbons (Fsp3) is 0.700. The standard InChI is InChI=1S/C10H14N4O2/c1-8(7-11)6-9-12-10(13-16-9)14-2-4-15-5-3-14/h8H,2-6H2,1H3. The number of nitrogens with zero attached hydrogens (tertiary/aromatic N) is 4. The molecule has 0 bridgehead atoms. The molecule has 0 saturated carbocycles. The summed E-state index contributed by atoms with van der Waals surface area (Å²) < 4.78 is 10.3. The number of morpholine rings is 1. The molecule has 1 fully saturated rings. The first-order chi connectivity index (χ1) is 7.79. The Morgan fingerprint density at radius 1 is 1.50 bits per heavy atom. The van der Waals surface area contributed by atoms with Crippen LogP contribution in [0.2, 0.25) is 0 Å². The van der Waals surface area contributed by atoms with Gasteiger partial charge in [-0.25, -0.2) is 0 Å². The molecule has 1 aliphatic rings. The van der Waals surface area contributed by atoms with E-state index >= 15 is 0 Å². The lowest BCUT2D eigenvalue weighted by molar-refractivity contribution is 0.121. The zero-order valence-electron chi connectivity index (χ0n) is 9.22. The van der Waals surface area contributed by atoms with Crippen molar-refractivity contribution < 1.29 is 9.26 Å². The Labute approximate surface area is 93.8 Å². The van der Waals surface area contributed by atoms with Gasteiger partial charge >= 0.3 is 0 Å². The smallest absolute Gasteiger partial charge is 0.266 e. The van der Waals surface area contributed by atoms with Crippen molar-refractivity contribution in [1.29, 1.82) is 5.26 Å². The molecule has 1 aliphatic heterocycles. The maximum Gasteiger partial charge on any atom is 0.266 e. The maximum absolute atomic E-state index is 8.68. The number of nitriles is 1. The molecule has 1 atom stereocenters. The van der Waals surface area contributed by atoms with E-state index in [1.54, 1.807) is 0 Å². The highest BCUT2D eigenvalue weighted by Crippen LogP contribution is 2.13. The summed E-state index contributed by atoms with van der Waals surface area (Å²) in [6.07, 6.45) is 0.508. The third-order valence-electron chi connectivity index (χ3n) is 2.45. The fourth-order valence-corrected chi connectivity index (χ4v) is 1.53. The van der Waals surface area contributed by atoms with E-state index in [2.05, 4.69) is 16.2 Å². The molecule has 1 unspecified atom stereocenters. The molecule has 0 spiro atoms. The largest absolute Gasteiger partial charge is 0.378 e. The summed E-state index contributed by atoms with van der Waals surface area (Å²) in [6, 6.07) is 2.14. The van der Waals surface area contributed by atoms with E-state index in [0.29, 0.717) is 31.5 Å². The first-order valence-corrected chi connectivity index (χ1v) is 5.34. The summed E-state index contributed by atoms with van der Waals surface area (Å²) in [6.45, 7) is 4.79. The number of hydrogen-bond acceptors (Lipinski definition) is 6. The van der Waals surface area contributed by atoms with Crippen LogP contribution in [0.1, 0.15) is 12.8 Å². The second-order valence-corrected chi connectivity index (χ2v) is 3.82. The molecule has 1 aromatic rings. The van der Waals surface area contributed by atoms with Gasteiger partial charge in [0.1, 0.15) is 0 Å². The molecule has 0 aliphatic carbocycles. The molecular weight excluding hydrogens is 208 g/mol. The molecule has 86 valence electrons. The van der Waals surface area contributed by atoms with Crippen molar-refractivity contribution in [3.63, 3.8) is 0 Å². The van der Waals surface area contributed by atoms with E-state index in [4.69, 9.17) is 14.5 Å². The average molecular weight is 222 g/mol. The van der Waals surface area contributed by atoms with Crippen LogP contribution in [0.5, 0.6) is 0 Å². The van der Waals surface area contributed by atoms with Crippen molar-refractivity contribution >= 4 is 5.95 Å². The molecule has 2 rings (SSSR count). The third-order valence-corrected chi connectivity index (χ3v) is 2.45. The minimum atomic E-state index is -0.0991. The molecule has 1 aromatic heterocycles. The topological polar surface area (TPSA) is 75.2 Å². The van der Waals surface area contributed by atoms with Crippen molar-refractivity contribution in [2.45, 2.75) is 13.3 Å². The van der Waals surface area contributed by atoms with Gasteiger partial charge in [-0.3, -0.25) is 0 Å².